The molecular weight excluding hydrogens is 440 g/mol. The predicted octanol–water partition coefficient (Wildman–Crippen LogP) is 4.15. The lowest BCUT2D eigenvalue weighted by Gasteiger charge is -2.10. The minimum absolute atomic E-state index is 0.145. The highest BCUT2D eigenvalue weighted by Gasteiger charge is 2.20. The molecule has 4 rings (SSSR count). The summed E-state index contributed by atoms with van der Waals surface area (Å²) in [5.74, 6) is -0.746. The maximum atomic E-state index is 13.8. The van der Waals surface area contributed by atoms with Gasteiger partial charge in [-0.2, -0.15) is 5.10 Å². The van der Waals surface area contributed by atoms with Gasteiger partial charge in [-0.15, -0.1) is 0 Å². The number of nitrogens with zero attached hydrogens (tertiary/aromatic N) is 4. The molecule has 4 aromatic rings. The highest BCUT2D eigenvalue weighted by molar-refractivity contribution is 7.92. The molecule has 0 aliphatic heterocycles. The summed E-state index contributed by atoms with van der Waals surface area (Å²) in [6.07, 6.45) is 1.34. The maximum Gasteiger partial charge on any atom is 0.264 e. The Labute approximate surface area is 182 Å². The number of aryl methyl sites for hydroxylation is 2. The van der Waals surface area contributed by atoms with E-state index in [1.165, 1.54) is 30.6 Å². The molecule has 0 radical (unpaired) electrons. The molecule has 0 bridgehead atoms. The SMILES string of the molecule is Cc1cc(C)n(-c2cc(Oc3ccc(NS(=O)(=O)c4cc(F)ccc4F)cc3)ncn2)n1. The molecule has 0 amide bonds. The summed E-state index contributed by atoms with van der Waals surface area (Å²) in [6.45, 7) is 3.78. The van der Waals surface area contributed by atoms with Crippen molar-refractivity contribution in [2.45, 2.75) is 18.7 Å². The summed E-state index contributed by atoms with van der Waals surface area (Å²) in [7, 11) is -4.31. The number of sulfonamides is 1. The number of aromatic nitrogens is 4. The monoisotopic (exact) mass is 457 g/mol. The molecule has 2 aromatic carbocycles. The molecule has 0 aliphatic carbocycles. The Balaban J connectivity index is 1.51. The second-order valence-electron chi connectivity index (χ2n) is 6.86. The summed E-state index contributed by atoms with van der Waals surface area (Å²) in [5, 5.41) is 4.37. The second-order valence-corrected chi connectivity index (χ2v) is 8.51. The molecule has 8 nitrogen and oxygen atoms in total. The van der Waals surface area contributed by atoms with Crippen LogP contribution in [-0.2, 0) is 10.0 Å². The van der Waals surface area contributed by atoms with Crippen LogP contribution in [0.5, 0.6) is 11.6 Å². The molecule has 0 aliphatic rings. The van der Waals surface area contributed by atoms with Crippen LogP contribution in [0.3, 0.4) is 0 Å². The molecular formula is C21H17F2N5O3S. The minimum Gasteiger partial charge on any atom is -0.439 e. The smallest absolute Gasteiger partial charge is 0.264 e. The van der Waals surface area contributed by atoms with Crippen molar-refractivity contribution < 1.29 is 21.9 Å². The van der Waals surface area contributed by atoms with Crippen LogP contribution in [0.2, 0.25) is 0 Å². The molecule has 2 aromatic heterocycles. The number of hydrogen-bond acceptors (Lipinski definition) is 6. The average molecular weight is 457 g/mol. The first-order chi connectivity index (χ1) is 15.2. The van der Waals surface area contributed by atoms with Gasteiger partial charge in [-0.1, -0.05) is 0 Å². The van der Waals surface area contributed by atoms with Crippen LogP contribution >= 0.6 is 0 Å². The Morgan fingerprint density at radius 3 is 2.41 bits per heavy atom. The average Bonchev–Trinajstić information content (AvgIpc) is 3.09. The quantitative estimate of drug-likeness (QED) is 0.467. The largest absolute Gasteiger partial charge is 0.439 e. The van der Waals surface area contributed by atoms with E-state index in [4.69, 9.17) is 4.74 Å². The predicted molar refractivity (Wildman–Crippen MR) is 112 cm³/mol. The van der Waals surface area contributed by atoms with E-state index in [1.807, 2.05) is 19.9 Å². The van der Waals surface area contributed by atoms with Crippen molar-refractivity contribution in [3.63, 3.8) is 0 Å². The third-order valence-corrected chi connectivity index (χ3v) is 5.76. The summed E-state index contributed by atoms with van der Waals surface area (Å²) in [4.78, 5) is 7.49. The van der Waals surface area contributed by atoms with Crippen LogP contribution in [0.25, 0.3) is 5.82 Å². The van der Waals surface area contributed by atoms with Gasteiger partial charge in [0.1, 0.15) is 28.6 Å². The molecule has 0 unspecified atom stereocenters. The van der Waals surface area contributed by atoms with E-state index >= 15 is 0 Å². The molecule has 0 saturated carbocycles. The molecule has 0 spiro atoms. The van der Waals surface area contributed by atoms with E-state index in [0.717, 1.165) is 23.5 Å². The van der Waals surface area contributed by atoms with E-state index < -0.39 is 26.6 Å². The Hall–Kier alpha value is -3.86. The molecule has 0 saturated heterocycles. The van der Waals surface area contributed by atoms with Gasteiger partial charge in [-0.05, 0) is 62.4 Å². The van der Waals surface area contributed by atoms with Gasteiger partial charge in [0.15, 0.2) is 5.82 Å². The molecule has 0 fully saturated rings. The normalized spacial score (nSPS) is 11.4. The van der Waals surface area contributed by atoms with Crippen LogP contribution in [0.15, 0.2) is 65.8 Å². The van der Waals surface area contributed by atoms with Gasteiger partial charge in [-0.3, -0.25) is 4.72 Å². The molecule has 11 heteroatoms. The summed E-state index contributed by atoms with van der Waals surface area (Å²) in [5.41, 5.74) is 1.89. The molecule has 0 atom stereocenters. The summed E-state index contributed by atoms with van der Waals surface area (Å²) in [6, 6.07) is 11.6. The van der Waals surface area contributed by atoms with Crippen LogP contribution in [0, 0.1) is 25.5 Å². The van der Waals surface area contributed by atoms with Crippen LogP contribution in [0.1, 0.15) is 11.4 Å². The van der Waals surface area contributed by atoms with Crippen LogP contribution in [-0.4, -0.2) is 28.2 Å². The fourth-order valence-corrected chi connectivity index (χ4v) is 4.12. The van der Waals surface area contributed by atoms with Crippen molar-refractivity contribution in [2.24, 2.45) is 0 Å². The van der Waals surface area contributed by atoms with Crippen LogP contribution < -0.4 is 9.46 Å². The zero-order valence-electron chi connectivity index (χ0n) is 17.0. The van der Waals surface area contributed by atoms with E-state index in [2.05, 4.69) is 19.8 Å². The van der Waals surface area contributed by atoms with Crippen molar-refractivity contribution in [3.05, 3.63) is 83.9 Å². The van der Waals surface area contributed by atoms with Gasteiger partial charge in [0.25, 0.3) is 10.0 Å². The van der Waals surface area contributed by atoms with Gasteiger partial charge in [0.05, 0.1) is 5.69 Å². The number of ether oxygens (including phenoxy) is 1. The number of halogens is 2. The number of hydrogen-bond donors (Lipinski definition) is 1. The number of anilines is 1. The van der Waals surface area contributed by atoms with E-state index in [1.54, 1.807) is 10.7 Å². The highest BCUT2D eigenvalue weighted by Crippen LogP contribution is 2.25. The van der Waals surface area contributed by atoms with E-state index in [-0.39, 0.29) is 11.6 Å². The number of nitrogens with one attached hydrogen (secondary N) is 1. The lowest BCUT2D eigenvalue weighted by Crippen LogP contribution is -2.14. The molecule has 2 heterocycles. The first-order valence-corrected chi connectivity index (χ1v) is 10.8. The Morgan fingerprint density at radius 2 is 1.72 bits per heavy atom. The molecule has 32 heavy (non-hydrogen) atoms. The van der Waals surface area contributed by atoms with E-state index in [0.29, 0.717) is 17.6 Å². The Kier molecular flexibility index (Phi) is 5.57. The fraction of sp³-hybridized carbons (Fsp3) is 0.0952. The third-order valence-electron chi connectivity index (χ3n) is 4.37. The van der Waals surface area contributed by atoms with Crippen molar-refractivity contribution in [2.75, 3.05) is 4.72 Å². The van der Waals surface area contributed by atoms with Gasteiger partial charge >= 0.3 is 0 Å². The summed E-state index contributed by atoms with van der Waals surface area (Å²) < 4.78 is 61.5. The van der Waals surface area contributed by atoms with Gasteiger partial charge < -0.3 is 4.74 Å². The third kappa shape index (κ3) is 4.57. The zero-order valence-corrected chi connectivity index (χ0v) is 17.8. The van der Waals surface area contributed by atoms with Crippen LogP contribution in [0.4, 0.5) is 14.5 Å². The van der Waals surface area contributed by atoms with Crippen molar-refractivity contribution in [3.8, 4) is 17.4 Å². The number of rotatable bonds is 6. The van der Waals surface area contributed by atoms with Gasteiger partial charge in [-0.25, -0.2) is 31.8 Å². The fourth-order valence-electron chi connectivity index (χ4n) is 2.97. The molecule has 164 valence electrons. The van der Waals surface area contributed by atoms with E-state index in [9.17, 15) is 17.2 Å². The van der Waals surface area contributed by atoms with Gasteiger partial charge in [0.2, 0.25) is 5.88 Å². The zero-order chi connectivity index (χ0) is 22.9. The first-order valence-electron chi connectivity index (χ1n) is 9.33. The van der Waals surface area contributed by atoms with Crippen molar-refractivity contribution in [1.29, 1.82) is 0 Å². The second kappa shape index (κ2) is 8.35. The lowest BCUT2D eigenvalue weighted by atomic mass is 10.3. The highest BCUT2D eigenvalue weighted by atomic mass is 32.2. The lowest BCUT2D eigenvalue weighted by molar-refractivity contribution is 0.460. The molecule has 1 N–H and O–H groups in total. The topological polar surface area (TPSA) is 99.0 Å². The van der Waals surface area contributed by atoms with Crippen molar-refractivity contribution in [1.82, 2.24) is 19.7 Å². The number of benzene rings is 2. The minimum atomic E-state index is -4.31. The van der Waals surface area contributed by atoms with Gasteiger partial charge in [0, 0.05) is 17.4 Å². The standard InChI is InChI=1S/C21H17F2N5O3S/c1-13-9-14(2)28(26-13)20-11-21(25-12-24-20)31-17-6-4-16(5-7-17)27-32(29,30)19-10-15(22)3-8-18(19)23/h3-12,27H,1-2H3. The Bertz CT molecular complexity index is 1390. The maximum absolute atomic E-state index is 13.8. The van der Waals surface area contributed by atoms with Crippen molar-refractivity contribution >= 4 is 15.7 Å². The first kappa shape index (κ1) is 21.4. The summed E-state index contributed by atoms with van der Waals surface area (Å²) >= 11 is 0. The Morgan fingerprint density at radius 1 is 0.969 bits per heavy atom.